The molecule has 0 aromatic carbocycles. The lowest BCUT2D eigenvalue weighted by Crippen LogP contribution is -2.39. The molecule has 0 saturated carbocycles. The lowest BCUT2D eigenvalue weighted by Gasteiger charge is -2.30. The van der Waals surface area contributed by atoms with Gasteiger partial charge in [-0.15, -0.1) is 0 Å². The maximum absolute atomic E-state index is 11.7. The molecule has 1 fully saturated rings. The van der Waals surface area contributed by atoms with E-state index in [-0.39, 0.29) is 24.7 Å². The molecular weight excluding hydrogens is 194 g/mol. The molecule has 0 spiro atoms. The van der Waals surface area contributed by atoms with Crippen molar-refractivity contribution in [1.82, 2.24) is 4.90 Å². The van der Waals surface area contributed by atoms with Crippen LogP contribution in [0.25, 0.3) is 0 Å². The summed E-state index contributed by atoms with van der Waals surface area (Å²) >= 11 is 0. The zero-order valence-electron chi connectivity index (χ0n) is 9.49. The van der Waals surface area contributed by atoms with Gasteiger partial charge in [-0.1, -0.05) is 6.92 Å². The number of rotatable bonds is 3. The van der Waals surface area contributed by atoms with Crippen molar-refractivity contribution >= 4 is 11.9 Å². The summed E-state index contributed by atoms with van der Waals surface area (Å²) in [6.45, 7) is 3.82. The van der Waals surface area contributed by atoms with Crippen LogP contribution in [0.2, 0.25) is 0 Å². The molecule has 0 aromatic heterocycles. The fourth-order valence-electron chi connectivity index (χ4n) is 1.89. The van der Waals surface area contributed by atoms with Crippen molar-refractivity contribution in [2.45, 2.75) is 32.6 Å². The molecule has 1 unspecified atom stereocenters. The Morgan fingerprint density at radius 3 is 2.73 bits per heavy atom. The SMILES string of the molecule is COC(=O)CCC(=O)N1CCCC(C)C1. The number of esters is 1. The summed E-state index contributed by atoms with van der Waals surface area (Å²) in [6, 6.07) is 0. The molecule has 0 N–H and O–H groups in total. The summed E-state index contributed by atoms with van der Waals surface area (Å²) in [4.78, 5) is 24.4. The topological polar surface area (TPSA) is 46.6 Å². The first kappa shape index (κ1) is 12.0. The van der Waals surface area contributed by atoms with E-state index in [1.165, 1.54) is 13.5 Å². The minimum atomic E-state index is -0.312. The standard InChI is InChI=1S/C11H19NO3/c1-9-4-3-7-12(8-9)10(13)5-6-11(14)15-2/h9H,3-8H2,1-2H3. The molecule has 1 heterocycles. The lowest BCUT2D eigenvalue weighted by atomic mass is 10.00. The molecule has 1 aliphatic heterocycles. The van der Waals surface area contributed by atoms with E-state index < -0.39 is 0 Å². The van der Waals surface area contributed by atoms with Crippen LogP contribution in [0.4, 0.5) is 0 Å². The number of piperidine rings is 1. The Bertz CT molecular complexity index is 240. The molecule has 0 bridgehead atoms. The van der Waals surface area contributed by atoms with Gasteiger partial charge in [-0.2, -0.15) is 0 Å². The minimum absolute atomic E-state index is 0.0759. The highest BCUT2D eigenvalue weighted by Gasteiger charge is 2.21. The molecule has 0 aliphatic carbocycles. The van der Waals surface area contributed by atoms with Gasteiger partial charge >= 0.3 is 5.97 Å². The highest BCUT2D eigenvalue weighted by molar-refractivity contribution is 5.81. The number of likely N-dealkylation sites (tertiary alicyclic amines) is 1. The Balaban J connectivity index is 2.30. The second-order valence-corrected chi connectivity index (χ2v) is 4.16. The van der Waals surface area contributed by atoms with Crippen molar-refractivity contribution in [3.8, 4) is 0 Å². The fraction of sp³-hybridized carbons (Fsp3) is 0.818. The predicted molar refractivity (Wildman–Crippen MR) is 56.2 cm³/mol. The van der Waals surface area contributed by atoms with Gasteiger partial charge in [0.15, 0.2) is 0 Å². The van der Waals surface area contributed by atoms with Crippen LogP contribution in [-0.4, -0.2) is 37.0 Å². The second-order valence-electron chi connectivity index (χ2n) is 4.16. The smallest absolute Gasteiger partial charge is 0.306 e. The van der Waals surface area contributed by atoms with Crippen LogP contribution < -0.4 is 0 Å². The number of carbonyl (C=O) groups excluding carboxylic acids is 2. The Morgan fingerprint density at radius 2 is 2.13 bits per heavy atom. The first-order valence-corrected chi connectivity index (χ1v) is 5.48. The zero-order chi connectivity index (χ0) is 11.3. The average Bonchev–Trinajstić information content (AvgIpc) is 2.25. The number of nitrogens with zero attached hydrogens (tertiary/aromatic N) is 1. The third kappa shape index (κ3) is 3.90. The van der Waals surface area contributed by atoms with Crippen molar-refractivity contribution in [3.05, 3.63) is 0 Å². The van der Waals surface area contributed by atoms with Crippen LogP contribution in [0, 0.1) is 5.92 Å². The molecule has 0 radical (unpaired) electrons. The lowest BCUT2D eigenvalue weighted by molar-refractivity contribution is -0.144. The number of hydrogen-bond donors (Lipinski definition) is 0. The molecule has 0 aromatic rings. The van der Waals surface area contributed by atoms with E-state index in [2.05, 4.69) is 11.7 Å². The van der Waals surface area contributed by atoms with Gasteiger partial charge in [0.25, 0.3) is 0 Å². The summed E-state index contributed by atoms with van der Waals surface area (Å²) < 4.78 is 4.50. The first-order valence-electron chi connectivity index (χ1n) is 5.48. The van der Waals surface area contributed by atoms with Crippen molar-refractivity contribution in [2.75, 3.05) is 20.2 Å². The average molecular weight is 213 g/mol. The Hall–Kier alpha value is -1.06. The molecule has 15 heavy (non-hydrogen) atoms. The number of hydrogen-bond acceptors (Lipinski definition) is 3. The summed E-state index contributed by atoms with van der Waals surface area (Å²) in [5.41, 5.74) is 0. The number of carbonyl (C=O) groups is 2. The molecule has 1 atom stereocenters. The molecule has 4 nitrogen and oxygen atoms in total. The highest BCUT2D eigenvalue weighted by Crippen LogP contribution is 2.16. The van der Waals surface area contributed by atoms with E-state index in [4.69, 9.17) is 0 Å². The number of amides is 1. The van der Waals surface area contributed by atoms with Gasteiger partial charge in [-0.25, -0.2) is 0 Å². The zero-order valence-corrected chi connectivity index (χ0v) is 9.49. The van der Waals surface area contributed by atoms with Crippen LogP contribution in [0.1, 0.15) is 32.6 Å². The molecule has 1 saturated heterocycles. The van der Waals surface area contributed by atoms with Crippen LogP contribution in [0.15, 0.2) is 0 Å². The maximum atomic E-state index is 11.7. The van der Waals surface area contributed by atoms with Gasteiger partial charge < -0.3 is 9.64 Å². The highest BCUT2D eigenvalue weighted by atomic mass is 16.5. The minimum Gasteiger partial charge on any atom is -0.469 e. The molecular formula is C11H19NO3. The summed E-state index contributed by atoms with van der Waals surface area (Å²) in [5.74, 6) is 0.348. The summed E-state index contributed by atoms with van der Waals surface area (Å²) in [7, 11) is 1.34. The van der Waals surface area contributed by atoms with Gasteiger partial charge in [0.1, 0.15) is 0 Å². The van der Waals surface area contributed by atoms with Crippen molar-refractivity contribution in [1.29, 1.82) is 0 Å². The summed E-state index contributed by atoms with van der Waals surface area (Å²) in [5, 5.41) is 0. The molecule has 1 amide bonds. The van der Waals surface area contributed by atoms with Crippen LogP contribution in [-0.2, 0) is 14.3 Å². The van der Waals surface area contributed by atoms with Gasteiger partial charge in [0.2, 0.25) is 5.91 Å². The Kier molecular flexibility index (Phi) is 4.59. The van der Waals surface area contributed by atoms with Crippen molar-refractivity contribution in [3.63, 3.8) is 0 Å². The summed E-state index contributed by atoms with van der Waals surface area (Å²) in [6.07, 6.45) is 2.74. The van der Waals surface area contributed by atoms with E-state index in [1.807, 2.05) is 4.90 Å². The normalized spacial score (nSPS) is 21.2. The van der Waals surface area contributed by atoms with Crippen molar-refractivity contribution < 1.29 is 14.3 Å². The van der Waals surface area contributed by atoms with E-state index in [0.29, 0.717) is 5.92 Å². The van der Waals surface area contributed by atoms with E-state index in [1.54, 1.807) is 0 Å². The van der Waals surface area contributed by atoms with Crippen LogP contribution in [0.3, 0.4) is 0 Å². The quantitative estimate of drug-likeness (QED) is 0.662. The third-order valence-corrected chi connectivity index (χ3v) is 2.78. The Labute approximate surface area is 90.6 Å². The maximum Gasteiger partial charge on any atom is 0.306 e. The van der Waals surface area contributed by atoms with Crippen LogP contribution in [0.5, 0.6) is 0 Å². The molecule has 86 valence electrons. The van der Waals surface area contributed by atoms with Gasteiger partial charge in [0, 0.05) is 19.5 Å². The molecule has 1 aliphatic rings. The Morgan fingerprint density at radius 1 is 1.40 bits per heavy atom. The third-order valence-electron chi connectivity index (χ3n) is 2.78. The molecule has 4 heteroatoms. The second kappa shape index (κ2) is 5.73. The monoisotopic (exact) mass is 213 g/mol. The van der Waals surface area contributed by atoms with Gasteiger partial charge in [0.05, 0.1) is 13.5 Å². The largest absolute Gasteiger partial charge is 0.469 e. The first-order chi connectivity index (χ1) is 7.13. The fourth-order valence-corrected chi connectivity index (χ4v) is 1.89. The van der Waals surface area contributed by atoms with Crippen molar-refractivity contribution in [2.24, 2.45) is 5.92 Å². The van der Waals surface area contributed by atoms with E-state index >= 15 is 0 Å². The number of methoxy groups -OCH3 is 1. The van der Waals surface area contributed by atoms with E-state index in [0.717, 1.165) is 19.5 Å². The van der Waals surface area contributed by atoms with Gasteiger partial charge in [-0.3, -0.25) is 9.59 Å². The molecule has 1 rings (SSSR count). The van der Waals surface area contributed by atoms with Gasteiger partial charge in [-0.05, 0) is 18.8 Å². The van der Waals surface area contributed by atoms with E-state index in [9.17, 15) is 9.59 Å². The van der Waals surface area contributed by atoms with Crippen LogP contribution >= 0.6 is 0 Å². The number of ether oxygens (including phenoxy) is 1. The predicted octanol–water partition coefficient (Wildman–Crippen LogP) is 1.20.